The number of nitrogen functional groups attached to an aromatic ring is 1. The van der Waals surface area contributed by atoms with Gasteiger partial charge in [0.15, 0.2) is 0 Å². The number of rotatable bonds is 2. The molecule has 0 saturated carbocycles. The van der Waals surface area contributed by atoms with Gasteiger partial charge >= 0.3 is 0 Å². The van der Waals surface area contributed by atoms with Gasteiger partial charge in [-0.1, -0.05) is 6.07 Å². The van der Waals surface area contributed by atoms with E-state index in [1.807, 2.05) is 41.9 Å². The highest BCUT2D eigenvalue weighted by atomic mass is 16.5. The van der Waals surface area contributed by atoms with E-state index in [-0.39, 0.29) is 0 Å². The standard InChI is InChI=1S/C14H14N4O/c1-18-13-4-3-9(7-12(13)17-14(18)15)11-8-10(19-2)5-6-16-11/h3-8H,1-2H3,(H2,15,17). The monoisotopic (exact) mass is 254 g/mol. The summed E-state index contributed by atoms with van der Waals surface area (Å²) in [4.78, 5) is 8.67. The minimum absolute atomic E-state index is 0.505. The summed E-state index contributed by atoms with van der Waals surface area (Å²) in [6, 6.07) is 9.70. The van der Waals surface area contributed by atoms with Crippen LogP contribution in [0, 0.1) is 0 Å². The van der Waals surface area contributed by atoms with Crippen LogP contribution in [-0.2, 0) is 7.05 Å². The third kappa shape index (κ3) is 1.89. The predicted octanol–water partition coefficient (Wildman–Crippen LogP) is 2.23. The average molecular weight is 254 g/mol. The van der Waals surface area contributed by atoms with Crippen LogP contribution >= 0.6 is 0 Å². The van der Waals surface area contributed by atoms with E-state index in [2.05, 4.69) is 9.97 Å². The molecule has 5 nitrogen and oxygen atoms in total. The van der Waals surface area contributed by atoms with Crippen molar-refractivity contribution in [3.63, 3.8) is 0 Å². The Balaban J connectivity index is 2.14. The molecular weight excluding hydrogens is 240 g/mol. The van der Waals surface area contributed by atoms with Crippen molar-refractivity contribution in [3.05, 3.63) is 36.5 Å². The summed E-state index contributed by atoms with van der Waals surface area (Å²) in [6.07, 6.45) is 1.73. The fourth-order valence-electron chi connectivity index (χ4n) is 2.07. The Labute approximate surface area is 110 Å². The summed E-state index contributed by atoms with van der Waals surface area (Å²) in [5.41, 5.74) is 9.51. The second kappa shape index (κ2) is 4.28. The average Bonchev–Trinajstić information content (AvgIpc) is 2.73. The molecule has 0 aliphatic carbocycles. The van der Waals surface area contributed by atoms with Crippen molar-refractivity contribution in [2.24, 2.45) is 7.05 Å². The molecule has 0 saturated heterocycles. The predicted molar refractivity (Wildman–Crippen MR) is 74.9 cm³/mol. The van der Waals surface area contributed by atoms with E-state index in [4.69, 9.17) is 10.5 Å². The zero-order valence-corrected chi connectivity index (χ0v) is 10.8. The summed E-state index contributed by atoms with van der Waals surface area (Å²) < 4.78 is 7.07. The molecule has 5 heteroatoms. The lowest BCUT2D eigenvalue weighted by Crippen LogP contribution is -1.95. The fourth-order valence-corrected chi connectivity index (χ4v) is 2.07. The quantitative estimate of drug-likeness (QED) is 0.761. The number of aryl methyl sites for hydroxylation is 1. The lowest BCUT2D eigenvalue weighted by molar-refractivity contribution is 0.414. The maximum Gasteiger partial charge on any atom is 0.200 e. The van der Waals surface area contributed by atoms with Gasteiger partial charge < -0.3 is 15.0 Å². The number of aromatic nitrogens is 3. The number of pyridine rings is 1. The molecule has 0 atom stereocenters. The number of hydrogen-bond acceptors (Lipinski definition) is 4. The highest BCUT2D eigenvalue weighted by Crippen LogP contribution is 2.25. The van der Waals surface area contributed by atoms with E-state index in [1.165, 1.54) is 0 Å². The molecule has 1 aromatic carbocycles. The molecule has 3 aromatic rings. The molecule has 0 amide bonds. The molecule has 0 radical (unpaired) electrons. The van der Waals surface area contributed by atoms with Gasteiger partial charge in [0, 0.05) is 24.9 Å². The third-order valence-corrected chi connectivity index (χ3v) is 3.18. The van der Waals surface area contributed by atoms with Crippen molar-refractivity contribution >= 4 is 17.0 Å². The van der Waals surface area contributed by atoms with Crippen molar-refractivity contribution in [1.29, 1.82) is 0 Å². The molecule has 19 heavy (non-hydrogen) atoms. The molecule has 3 rings (SSSR count). The van der Waals surface area contributed by atoms with E-state index in [0.717, 1.165) is 28.0 Å². The summed E-state index contributed by atoms with van der Waals surface area (Å²) in [5.74, 6) is 1.29. The van der Waals surface area contributed by atoms with Crippen LogP contribution in [0.15, 0.2) is 36.5 Å². The Morgan fingerprint density at radius 1 is 1.21 bits per heavy atom. The Bertz CT molecular complexity index is 748. The van der Waals surface area contributed by atoms with Crippen LogP contribution in [-0.4, -0.2) is 21.6 Å². The molecule has 0 bridgehead atoms. The maximum atomic E-state index is 5.80. The lowest BCUT2D eigenvalue weighted by atomic mass is 10.1. The smallest absolute Gasteiger partial charge is 0.200 e. The van der Waals surface area contributed by atoms with Crippen molar-refractivity contribution < 1.29 is 4.74 Å². The molecule has 0 aliphatic rings. The van der Waals surface area contributed by atoms with Gasteiger partial charge in [-0.05, 0) is 18.2 Å². The van der Waals surface area contributed by atoms with Gasteiger partial charge in [0.1, 0.15) is 5.75 Å². The fraction of sp³-hybridized carbons (Fsp3) is 0.143. The molecule has 0 unspecified atom stereocenters. The molecule has 0 aliphatic heterocycles. The van der Waals surface area contributed by atoms with Gasteiger partial charge in [-0.2, -0.15) is 0 Å². The largest absolute Gasteiger partial charge is 0.497 e. The van der Waals surface area contributed by atoms with Gasteiger partial charge in [0.05, 0.1) is 23.8 Å². The van der Waals surface area contributed by atoms with E-state index in [9.17, 15) is 0 Å². The first kappa shape index (κ1) is 11.5. The zero-order chi connectivity index (χ0) is 13.4. The van der Waals surface area contributed by atoms with Gasteiger partial charge in [0.2, 0.25) is 5.95 Å². The Hall–Kier alpha value is -2.56. The molecule has 2 heterocycles. The van der Waals surface area contributed by atoms with Crippen molar-refractivity contribution in [1.82, 2.24) is 14.5 Å². The second-order valence-electron chi connectivity index (χ2n) is 4.31. The van der Waals surface area contributed by atoms with E-state index in [0.29, 0.717) is 5.95 Å². The van der Waals surface area contributed by atoms with E-state index < -0.39 is 0 Å². The number of hydrogen-bond donors (Lipinski definition) is 1. The highest BCUT2D eigenvalue weighted by Gasteiger charge is 2.07. The van der Waals surface area contributed by atoms with Gasteiger partial charge in [-0.25, -0.2) is 4.98 Å². The van der Waals surface area contributed by atoms with Gasteiger partial charge in [-0.15, -0.1) is 0 Å². The number of methoxy groups -OCH3 is 1. The highest BCUT2D eigenvalue weighted by molar-refractivity contribution is 5.83. The van der Waals surface area contributed by atoms with Crippen LogP contribution in [0.25, 0.3) is 22.3 Å². The molecule has 2 aromatic heterocycles. The summed E-state index contributed by atoms with van der Waals surface area (Å²) in [5, 5.41) is 0. The molecule has 0 spiro atoms. The number of nitrogens with two attached hydrogens (primary N) is 1. The number of imidazole rings is 1. The van der Waals surface area contributed by atoms with Crippen LogP contribution in [0.2, 0.25) is 0 Å². The van der Waals surface area contributed by atoms with Crippen molar-refractivity contribution in [2.45, 2.75) is 0 Å². The van der Waals surface area contributed by atoms with Crippen LogP contribution in [0.4, 0.5) is 5.95 Å². The Kier molecular flexibility index (Phi) is 2.59. The topological polar surface area (TPSA) is 66.0 Å². The summed E-state index contributed by atoms with van der Waals surface area (Å²) in [7, 11) is 3.54. The first-order valence-corrected chi connectivity index (χ1v) is 5.91. The van der Waals surface area contributed by atoms with E-state index in [1.54, 1.807) is 13.3 Å². The number of anilines is 1. The van der Waals surface area contributed by atoms with Crippen molar-refractivity contribution in [3.8, 4) is 17.0 Å². The van der Waals surface area contributed by atoms with Crippen LogP contribution < -0.4 is 10.5 Å². The third-order valence-electron chi connectivity index (χ3n) is 3.18. The van der Waals surface area contributed by atoms with Gasteiger partial charge in [-0.3, -0.25) is 4.98 Å². The SMILES string of the molecule is COc1ccnc(-c2ccc3c(c2)nc(N)n3C)c1. The minimum Gasteiger partial charge on any atom is -0.497 e. The van der Waals surface area contributed by atoms with Crippen LogP contribution in [0.3, 0.4) is 0 Å². The lowest BCUT2D eigenvalue weighted by Gasteiger charge is -2.04. The molecular formula is C14H14N4O. The zero-order valence-electron chi connectivity index (χ0n) is 10.8. The number of fused-ring (bicyclic) bond motifs is 1. The minimum atomic E-state index is 0.505. The second-order valence-corrected chi connectivity index (χ2v) is 4.31. The maximum absolute atomic E-state index is 5.80. The first-order valence-electron chi connectivity index (χ1n) is 5.91. The van der Waals surface area contributed by atoms with Gasteiger partial charge in [0.25, 0.3) is 0 Å². The molecule has 2 N–H and O–H groups in total. The number of ether oxygens (including phenoxy) is 1. The Morgan fingerprint density at radius 3 is 2.84 bits per heavy atom. The summed E-state index contributed by atoms with van der Waals surface area (Å²) in [6.45, 7) is 0. The Morgan fingerprint density at radius 2 is 2.05 bits per heavy atom. The normalized spacial score (nSPS) is 10.8. The first-order chi connectivity index (χ1) is 9.19. The molecule has 0 fully saturated rings. The van der Waals surface area contributed by atoms with Crippen LogP contribution in [0.5, 0.6) is 5.75 Å². The summed E-state index contributed by atoms with van der Waals surface area (Å²) >= 11 is 0. The molecule has 96 valence electrons. The van der Waals surface area contributed by atoms with Crippen molar-refractivity contribution in [2.75, 3.05) is 12.8 Å². The van der Waals surface area contributed by atoms with E-state index >= 15 is 0 Å². The number of nitrogens with zero attached hydrogens (tertiary/aromatic N) is 3. The van der Waals surface area contributed by atoms with Crippen LogP contribution in [0.1, 0.15) is 0 Å². The number of benzene rings is 1.